The van der Waals surface area contributed by atoms with Crippen molar-refractivity contribution in [2.24, 2.45) is 0 Å². The maximum absolute atomic E-state index is 12.4. The van der Waals surface area contributed by atoms with Crippen LogP contribution in [-0.2, 0) is 11.2 Å². The van der Waals surface area contributed by atoms with Gasteiger partial charge in [0.15, 0.2) is 0 Å². The van der Waals surface area contributed by atoms with Crippen LogP contribution in [0.15, 0.2) is 48.5 Å². The number of carbonyl (C=O) groups excluding carboxylic acids is 1. The van der Waals surface area contributed by atoms with E-state index in [4.69, 9.17) is 9.47 Å². The minimum absolute atomic E-state index is 0.181. The summed E-state index contributed by atoms with van der Waals surface area (Å²) >= 11 is 0. The Morgan fingerprint density at radius 1 is 1.11 bits per heavy atom. The molecule has 0 aliphatic carbocycles. The van der Waals surface area contributed by atoms with E-state index in [2.05, 4.69) is 12.2 Å². The summed E-state index contributed by atoms with van der Waals surface area (Å²) in [6, 6.07) is 12.8. The van der Waals surface area contributed by atoms with Crippen molar-refractivity contribution in [3.8, 4) is 11.5 Å². The molecule has 2 N–H and O–H groups in total. The van der Waals surface area contributed by atoms with Crippen molar-refractivity contribution >= 4 is 11.9 Å². The quantitative estimate of drug-likeness (QED) is 0.626. The van der Waals surface area contributed by atoms with Crippen LogP contribution in [0, 0.1) is 0 Å². The molecule has 0 aliphatic heterocycles. The van der Waals surface area contributed by atoms with Crippen LogP contribution in [-0.4, -0.2) is 36.7 Å². The molecule has 144 valence electrons. The number of hydrogen-bond donors (Lipinski definition) is 2. The zero-order valence-electron chi connectivity index (χ0n) is 15.6. The van der Waals surface area contributed by atoms with E-state index in [1.165, 1.54) is 7.11 Å². The van der Waals surface area contributed by atoms with Crippen LogP contribution in [0.1, 0.15) is 35.7 Å². The number of ether oxygens (including phenoxy) is 2. The highest BCUT2D eigenvalue weighted by molar-refractivity contribution is 5.97. The highest BCUT2D eigenvalue weighted by atomic mass is 16.5. The Labute approximate surface area is 159 Å². The highest BCUT2D eigenvalue weighted by Crippen LogP contribution is 2.15. The average molecular weight is 371 g/mol. The van der Waals surface area contributed by atoms with Gasteiger partial charge in [-0.3, -0.25) is 4.79 Å². The van der Waals surface area contributed by atoms with Gasteiger partial charge >= 0.3 is 5.97 Å². The fourth-order valence-electron chi connectivity index (χ4n) is 2.50. The molecule has 0 spiro atoms. The molecule has 2 rings (SSSR count). The summed E-state index contributed by atoms with van der Waals surface area (Å²) in [5, 5.41) is 12.0. The van der Waals surface area contributed by atoms with Crippen LogP contribution < -0.4 is 14.8 Å². The minimum atomic E-state index is -1.09. The average Bonchev–Trinajstić information content (AvgIpc) is 2.68. The summed E-state index contributed by atoms with van der Waals surface area (Å²) in [5.41, 5.74) is 1.15. The second kappa shape index (κ2) is 10.2. The Balaban J connectivity index is 2.00. The Bertz CT molecular complexity index is 757. The standard InChI is InChI=1S/C21H25NO5/c1-3-4-12-27-17-10-8-15(9-11-17)13-19(21(24)25)22-20(23)16-6-5-7-18(14-16)26-2/h5-11,14,19H,3-4,12-13H2,1-2H3,(H,22,23)(H,24,25)/t19-/m0/s1. The van der Waals surface area contributed by atoms with Crippen molar-refractivity contribution in [1.82, 2.24) is 5.32 Å². The van der Waals surface area contributed by atoms with E-state index < -0.39 is 17.9 Å². The van der Waals surface area contributed by atoms with Crippen molar-refractivity contribution in [2.45, 2.75) is 32.2 Å². The van der Waals surface area contributed by atoms with Gasteiger partial charge in [-0.1, -0.05) is 31.5 Å². The molecular formula is C21H25NO5. The molecule has 1 atom stereocenters. The first-order chi connectivity index (χ1) is 13.0. The molecule has 0 bridgehead atoms. The van der Waals surface area contributed by atoms with Gasteiger partial charge in [-0.25, -0.2) is 4.79 Å². The topological polar surface area (TPSA) is 84.9 Å². The predicted octanol–water partition coefficient (Wildman–Crippen LogP) is 3.30. The largest absolute Gasteiger partial charge is 0.497 e. The van der Waals surface area contributed by atoms with Crippen LogP contribution >= 0.6 is 0 Å². The van der Waals surface area contributed by atoms with Crippen molar-refractivity contribution in [1.29, 1.82) is 0 Å². The van der Waals surface area contributed by atoms with Gasteiger partial charge in [0.2, 0.25) is 0 Å². The number of carboxylic acids is 1. The lowest BCUT2D eigenvalue weighted by Gasteiger charge is -2.15. The van der Waals surface area contributed by atoms with E-state index in [-0.39, 0.29) is 6.42 Å². The predicted molar refractivity (Wildman–Crippen MR) is 102 cm³/mol. The monoisotopic (exact) mass is 371 g/mol. The Morgan fingerprint density at radius 3 is 2.48 bits per heavy atom. The van der Waals surface area contributed by atoms with E-state index in [9.17, 15) is 14.7 Å². The summed E-state index contributed by atoms with van der Waals surface area (Å²) in [6.45, 7) is 2.75. The highest BCUT2D eigenvalue weighted by Gasteiger charge is 2.21. The number of benzene rings is 2. The number of nitrogens with one attached hydrogen (secondary N) is 1. The molecular weight excluding hydrogens is 346 g/mol. The summed E-state index contributed by atoms with van der Waals surface area (Å²) in [7, 11) is 1.51. The van der Waals surface area contributed by atoms with Crippen molar-refractivity contribution in [3.05, 3.63) is 59.7 Å². The molecule has 1 amide bonds. The number of methoxy groups -OCH3 is 1. The van der Waals surface area contributed by atoms with Crippen LogP contribution in [0.4, 0.5) is 0 Å². The number of rotatable bonds is 10. The van der Waals surface area contributed by atoms with Crippen molar-refractivity contribution in [2.75, 3.05) is 13.7 Å². The first-order valence-corrected chi connectivity index (χ1v) is 8.93. The number of amides is 1. The maximum Gasteiger partial charge on any atom is 0.326 e. The number of unbranched alkanes of at least 4 members (excludes halogenated alkanes) is 1. The fourth-order valence-corrected chi connectivity index (χ4v) is 2.50. The third-order valence-corrected chi connectivity index (χ3v) is 4.07. The zero-order valence-corrected chi connectivity index (χ0v) is 15.6. The summed E-state index contributed by atoms with van der Waals surface area (Å²) in [5.74, 6) is -0.261. The molecule has 2 aromatic carbocycles. The third-order valence-electron chi connectivity index (χ3n) is 4.07. The van der Waals surface area contributed by atoms with Crippen LogP contribution in [0.25, 0.3) is 0 Å². The number of hydrogen-bond acceptors (Lipinski definition) is 4. The van der Waals surface area contributed by atoms with Gasteiger partial charge in [0.05, 0.1) is 13.7 Å². The van der Waals surface area contributed by atoms with Gasteiger partial charge in [-0.05, 0) is 42.3 Å². The number of aliphatic carboxylic acids is 1. The van der Waals surface area contributed by atoms with Gasteiger partial charge < -0.3 is 19.9 Å². The van der Waals surface area contributed by atoms with Crippen molar-refractivity contribution in [3.63, 3.8) is 0 Å². The lowest BCUT2D eigenvalue weighted by Crippen LogP contribution is -2.42. The lowest BCUT2D eigenvalue weighted by molar-refractivity contribution is -0.139. The molecule has 0 heterocycles. The minimum Gasteiger partial charge on any atom is -0.497 e. The smallest absolute Gasteiger partial charge is 0.326 e. The van der Waals surface area contributed by atoms with Crippen LogP contribution in [0.2, 0.25) is 0 Å². The van der Waals surface area contributed by atoms with Gasteiger partial charge in [0, 0.05) is 12.0 Å². The SMILES string of the molecule is CCCCOc1ccc(C[C@H](NC(=O)c2cccc(OC)c2)C(=O)O)cc1. The lowest BCUT2D eigenvalue weighted by atomic mass is 10.1. The second-order valence-corrected chi connectivity index (χ2v) is 6.15. The molecule has 6 nitrogen and oxygen atoms in total. The molecule has 0 radical (unpaired) electrons. The Kier molecular flexibility index (Phi) is 7.67. The van der Waals surface area contributed by atoms with E-state index in [1.807, 2.05) is 24.3 Å². The molecule has 27 heavy (non-hydrogen) atoms. The third kappa shape index (κ3) is 6.33. The van der Waals surface area contributed by atoms with E-state index in [1.54, 1.807) is 24.3 Å². The first-order valence-electron chi connectivity index (χ1n) is 8.93. The van der Waals surface area contributed by atoms with E-state index >= 15 is 0 Å². The summed E-state index contributed by atoms with van der Waals surface area (Å²) < 4.78 is 10.7. The van der Waals surface area contributed by atoms with Crippen molar-refractivity contribution < 1.29 is 24.2 Å². The van der Waals surface area contributed by atoms with Gasteiger partial charge in [-0.15, -0.1) is 0 Å². The molecule has 6 heteroatoms. The zero-order chi connectivity index (χ0) is 19.6. The maximum atomic E-state index is 12.4. The van der Waals surface area contributed by atoms with E-state index in [0.29, 0.717) is 17.9 Å². The van der Waals surface area contributed by atoms with Crippen LogP contribution in [0.3, 0.4) is 0 Å². The first kappa shape index (κ1) is 20.3. The Hall–Kier alpha value is -3.02. The summed E-state index contributed by atoms with van der Waals surface area (Å²) in [4.78, 5) is 23.9. The van der Waals surface area contributed by atoms with Gasteiger partial charge in [0.1, 0.15) is 17.5 Å². The normalized spacial score (nSPS) is 11.5. The second-order valence-electron chi connectivity index (χ2n) is 6.15. The molecule has 2 aromatic rings. The van der Waals surface area contributed by atoms with Gasteiger partial charge in [0.25, 0.3) is 5.91 Å². The number of carbonyl (C=O) groups is 2. The molecule has 0 unspecified atom stereocenters. The van der Waals surface area contributed by atoms with E-state index in [0.717, 1.165) is 24.2 Å². The summed E-state index contributed by atoms with van der Waals surface area (Å²) in [6.07, 6.45) is 2.23. The Morgan fingerprint density at radius 2 is 1.85 bits per heavy atom. The number of carboxylic acid groups (broad SMARTS) is 1. The molecule has 0 aromatic heterocycles. The van der Waals surface area contributed by atoms with Crippen LogP contribution in [0.5, 0.6) is 11.5 Å². The molecule has 0 fully saturated rings. The van der Waals surface area contributed by atoms with Gasteiger partial charge in [-0.2, -0.15) is 0 Å². The fraction of sp³-hybridized carbons (Fsp3) is 0.333. The molecule has 0 aliphatic rings. The molecule has 0 saturated carbocycles. The molecule has 0 saturated heterocycles.